The molecule has 0 fully saturated rings. The predicted octanol–water partition coefficient (Wildman–Crippen LogP) is 2.89. The van der Waals surface area contributed by atoms with E-state index in [1.54, 1.807) is 31.2 Å². The molecule has 0 aliphatic heterocycles. The van der Waals surface area contributed by atoms with E-state index in [0.29, 0.717) is 23.0 Å². The maximum absolute atomic E-state index is 12.1. The Morgan fingerprint density at radius 1 is 1.40 bits per heavy atom. The Kier molecular flexibility index (Phi) is 4.42. The van der Waals surface area contributed by atoms with Gasteiger partial charge in [0.25, 0.3) is 5.56 Å². The maximum atomic E-state index is 12.1. The van der Waals surface area contributed by atoms with Crippen LogP contribution in [0.25, 0.3) is 11.1 Å². The van der Waals surface area contributed by atoms with Crippen LogP contribution in [0.1, 0.15) is 25.8 Å². The highest BCUT2D eigenvalue weighted by Gasteiger charge is 2.16. The molecule has 1 aromatic carbocycles. The minimum Gasteiger partial charge on any atom is -0.493 e. The van der Waals surface area contributed by atoms with E-state index in [-0.39, 0.29) is 11.4 Å². The summed E-state index contributed by atoms with van der Waals surface area (Å²) in [4.78, 5) is 18.7. The van der Waals surface area contributed by atoms with Crippen LogP contribution in [0.5, 0.6) is 5.88 Å². The van der Waals surface area contributed by atoms with Crippen LogP contribution in [0.2, 0.25) is 5.02 Å². The van der Waals surface area contributed by atoms with E-state index in [9.17, 15) is 9.90 Å². The molecule has 1 aromatic heterocycles. The molecule has 0 saturated carbocycles. The van der Waals surface area contributed by atoms with Gasteiger partial charge in [-0.1, -0.05) is 23.7 Å². The first-order valence-electron chi connectivity index (χ1n) is 6.23. The first-order chi connectivity index (χ1) is 9.52. The van der Waals surface area contributed by atoms with Gasteiger partial charge in [0, 0.05) is 11.6 Å². The summed E-state index contributed by atoms with van der Waals surface area (Å²) in [5.74, 6) is -0.0234. The third-order valence-electron chi connectivity index (χ3n) is 2.85. The minimum absolute atomic E-state index is 0.120. The van der Waals surface area contributed by atoms with Gasteiger partial charge < -0.3 is 14.8 Å². The fraction of sp³-hybridized carbons (Fsp3) is 0.286. The van der Waals surface area contributed by atoms with Crippen molar-refractivity contribution in [1.29, 1.82) is 0 Å². The van der Waals surface area contributed by atoms with E-state index in [1.165, 1.54) is 0 Å². The molecule has 1 heterocycles. The molecule has 2 rings (SSSR count). The Morgan fingerprint density at radius 2 is 2.05 bits per heavy atom. The van der Waals surface area contributed by atoms with E-state index in [0.717, 1.165) is 0 Å². The van der Waals surface area contributed by atoms with Crippen molar-refractivity contribution in [3.05, 3.63) is 45.5 Å². The predicted molar refractivity (Wildman–Crippen MR) is 77.0 cm³/mol. The number of aromatic amines is 1. The molecule has 0 spiro atoms. The normalized spacial score (nSPS) is 12.3. The number of nitrogens with zero attached hydrogens (tertiary/aromatic N) is 1. The Hall–Kier alpha value is -1.85. The Labute approximate surface area is 121 Å². The van der Waals surface area contributed by atoms with Crippen LogP contribution in [0.4, 0.5) is 0 Å². The van der Waals surface area contributed by atoms with Crippen LogP contribution in [0.15, 0.2) is 29.1 Å². The second kappa shape index (κ2) is 6.07. The van der Waals surface area contributed by atoms with Crippen molar-refractivity contribution in [3.63, 3.8) is 0 Å². The maximum Gasteiger partial charge on any atom is 0.262 e. The molecule has 5 nitrogen and oxygen atoms in total. The van der Waals surface area contributed by atoms with Crippen LogP contribution < -0.4 is 5.56 Å². The Bertz CT molecular complexity index is 652. The van der Waals surface area contributed by atoms with Gasteiger partial charge in [0.15, 0.2) is 0 Å². The first-order valence-corrected chi connectivity index (χ1v) is 6.61. The van der Waals surface area contributed by atoms with Gasteiger partial charge in [-0.15, -0.1) is 0 Å². The molecular weight excluding hydrogens is 280 g/mol. The number of H-pyrrole nitrogens is 1. The third-order valence-corrected chi connectivity index (χ3v) is 3.11. The summed E-state index contributed by atoms with van der Waals surface area (Å²) in [6, 6.07) is 6.60. The van der Waals surface area contributed by atoms with Crippen molar-refractivity contribution in [1.82, 2.24) is 9.97 Å². The Morgan fingerprint density at radius 3 is 2.60 bits per heavy atom. The summed E-state index contributed by atoms with van der Waals surface area (Å²) in [7, 11) is 0. The summed E-state index contributed by atoms with van der Waals surface area (Å²) in [6.07, 6.45) is -0.391. The van der Waals surface area contributed by atoms with Crippen molar-refractivity contribution >= 4 is 11.6 Å². The van der Waals surface area contributed by atoms with Gasteiger partial charge >= 0.3 is 0 Å². The van der Waals surface area contributed by atoms with E-state index >= 15 is 0 Å². The van der Waals surface area contributed by atoms with Crippen molar-refractivity contribution in [2.75, 3.05) is 6.61 Å². The number of hydrogen-bond acceptors (Lipinski definition) is 4. The van der Waals surface area contributed by atoms with Gasteiger partial charge in [-0.05, 0) is 31.5 Å². The fourth-order valence-corrected chi connectivity index (χ4v) is 2.00. The molecule has 2 aromatic rings. The standard InChI is InChI=1S/C14H15ClN2O3/c1-3-20-8(2)12-16-13(18)11(14(19)17-12)9-4-6-10(15)7-5-9/h4-8H,3H2,1-2H3,(H2,16,17,18,19). The zero-order valence-corrected chi connectivity index (χ0v) is 11.9. The van der Waals surface area contributed by atoms with Crippen molar-refractivity contribution in [2.24, 2.45) is 0 Å². The summed E-state index contributed by atoms with van der Waals surface area (Å²) in [5, 5.41) is 10.5. The Balaban J connectivity index is 2.46. The van der Waals surface area contributed by atoms with Crippen LogP contribution in [-0.4, -0.2) is 21.7 Å². The molecule has 0 bridgehead atoms. The van der Waals surface area contributed by atoms with Crippen molar-refractivity contribution in [2.45, 2.75) is 20.0 Å². The smallest absolute Gasteiger partial charge is 0.262 e. The quantitative estimate of drug-likeness (QED) is 0.909. The second-order valence-electron chi connectivity index (χ2n) is 4.25. The van der Waals surface area contributed by atoms with E-state index in [4.69, 9.17) is 16.3 Å². The van der Waals surface area contributed by atoms with Crippen LogP contribution in [0, 0.1) is 0 Å². The SMILES string of the molecule is CCOC(C)c1nc(O)c(-c2ccc(Cl)cc2)c(=O)[nH]1. The number of aromatic nitrogens is 2. The van der Waals surface area contributed by atoms with E-state index in [1.807, 2.05) is 6.92 Å². The molecule has 1 unspecified atom stereocenters. The van der Waals surface area contributed by atoms with Gasteiger partial charge in [0.2, 0.25) is 5.88 Å². The number of aromatic hydroxyl groups is 1. The first kappa shape index (κ1) is 14.6. The second-order valence-corrected chi connectivity index (χ2v) is 4.69. The molecule has 0 radical (unpaired) electrons. The number of rotatable bonds is 4. The minimum atomic E-state index is -0.415. The van der Waals surface area contributed by atoms with Gasteiger partial charge in [-0.2, -0.15) is 4.98 Å². The lowest BCUT2D eigenvalue weighted by atomic mass is 10.1. The summed E-state index contributed by atoms with van der Waals surface area (Å²) < 4.78 is 5.34. The molecule has 2 N–H and O–H groups in total. The highest BCUT2D eigenvalue weighted by molar-refractivity contribution is 6.30. The molecule has 0 saturated heterocycles. The molecule has 0 aliphatic rings. The third kappa shape index (κ3) is 3.00. The number of halogens is 1. The van der Waals surface area contributed by atoms with E-state index < -0.39 is 11.7 Å². The van der Waals surface area contributed by atoms with E-state index in [2.05, 4.69) is 9.97 Å². The highest BCUT2D eigenvalue weighted by Crippen LogP contribution is 2.25. The largest absolute Gasteiger partial charge is 0.493 e. The molecule has 106 valence electrons. The van der Waals surface area contributed by atoms with Crippen molar-refractivity contribution in [3.8, 4) is 17.0 Å². The summed E-state index contributed by atoms with van der Waals surface area (Å²) in [6.45, 7) is 4.09. The van der Waals surface area contributed by atoms with Gasteiger partial charge in [0.1, 0.15) is 17.5 Å². The van der Waals surface area contributed by atoms with Gasteiger partial charge in [-0.25, -0.2) is 0 Å². The van der Waals surface area contributed by atoms with Gasteiger partial charge in [-0.3, -0.25) is 4.79 Å². The molecule has 0 amide bonds. The van der Waals surface area contributed by atoms with Gasteiger partial charge in [0.05, 0.1) is 0 Å². The molecule has 6 heteroatoms. The monoisotopic (exact) mass is 294 g/mol. The zero-order chi connectivity index (χ0) is 14.7. The van der Waals surface area contributed by atoms with Crippen molar-refractivity contribution < 1.29 is 9.84 Å². The number of benzene rings is 1. The lowest BCUT2D eigenvalue weighted by Crippen LogP contribution is -2.16. The number of nitrogens with one attached hydrogen (secondary N) is 1. The average molecular weight is 295 g/mol. The zero-order valence-electron chi connectivity index (χ0n) is 11.2. The molecule has 20 heavy (non-hydrogen) atoms. The van der Waals surface area contributed by atoms with Crippen LogP contribution in [-0.2, 0) is 4.74 Å². The lowest BCUT2D eigenvalue weighted by Gasteiger charge is -2.12. The number of ether oxygens (including phenoxy) is 1. The highest BCUT2D eigenvalue weighted by atomic mass is 35.5. The molecule has 0 aliphatic carbocycles. The molecular formula is C14H15ClN2O3. The number of hydrogen-bond donors (Lipinski definition) is 2. The topological polar surface area (TPSA) is 75.2 Å². The molecule has 1 atom stereocenters. The van der Waals surface area contributed by atoms with Crippen LogP contribution in [0.3, 0.4) is 0 Å². The fourth-order valence-electron chi connectivity index (χ4n) is 1.88. The average Bonchev–Trinajstić information content (AvgIpc) is 2.40. The lowest BCUT2D eigenvalue weighted by molar-refractivity contribution is 0.0694. The summed E-state index contributed by atoms with van der Waals surface area (Å²) in [5.41, 5.74) is 0.256. The summed E-state index contributed by atoms with van der Waals surface area (Å²) >= 11 is 5.80. The van der Waals surface area contributed by atoms with Crippen LogP contribution >= 0.6 is 11.6 Å².